The monoisotopic (exact) mass is 256 g/mol. The van der Waals surface area contributed by atoms with E-state index in [2.05, 4.69) is 10.3 Å². The number of carboxylic acid groups (broad SMARTS) is 1. The SMILES string of the molecule is CC(CCNC(=O)c1cncs1)CCC(=O)O. The van der Waals surface area contributed by atoms with Gasteiger partial charge in [0.15, 0.2) is 0 Å². The number of carbonyl (C=O) groups excluding carboxylic acids is 1. The summed E-state index contributed by atoms with van der Waals surface area (Å²) in [5.41, 5.74) is 1.62. The first-order valence-corrected chi connectivity index (χ1v) is 6.36. The zero-order chi connectivity index (χ0) is 12.7. The van der Waals surface area contributed by atoms with Crippen molar-refractivity contribution < 1.29 is 14.7 Å². The molecule has 0 aliphatic heterocycles. The van der Waals surface area contributed by atoms with E-state index in [9.17, 15) is 9.59 Å². The lowest BCUT2D eigenvalue weighted by atomic mass is 10.0. The van der Waals surface area contributed by atoms with Crippen LogP contribution < -0.4 is 5.32 Å². The van der Waals surface area contributed by atoms with Crippen LogP contribution >= 0.6 is 11.3 Å². The van der Waals surface area contributed by atoms with Crippen molar-refractivity contribution in [2.75, 3.05) is 6.54 Å². The first kappa shape index (κ1) is 13.6. The summed E-state index contributed by atoms with van der Waals surface area (Å²) in [6.45, 7) is 2.55. The Kier molecular flexibility index (Phi) is 5.62. The maximum atomic E-state index is 11.5. The number of thiazole rings is 1. The van der Waals surface area contributed by atoms with Crippen LogP contribution in [0.2, 0.25) is 0 Å². The second kappa shape index (κ2) is 7.01. The Bertz CT molecular complexity index is 365. The van der Waals surface area contributed by atoms with E-state index in [1.807, 2.05) is 6.92 Å². The fourth-order valence-corrected chi connectivity index (χ4v) is 1.90. The molecular formula is C11H16N2O3S. The Morgan fingerprint density at radius 3 is 2.88 bits per heavy atom. The van der Waals surface area contributed by atoms with Crippen LogP contribution in [0.5, 0.6) is 0 Å². The molecule has 1 aromatic rings. The summed E-state index contributed by atoms with van der Waals surface area (Å²) < 4.78 is 0. The highest BCUT2D eigenvalue weighted by molar-refractivity contribution is 7.11. The lowest BCUT2D eigenvalue weighted by Crippen LogP contribution is -2.24. The Balaban J connectivity index is 2.15. The minimum absolute atomic E-state index is 0.113. The van der Waals surface area contributed by atoms with Gasteiger partial charge in [0.05, 0.1) is 11.7 Å². The molecule has 0 aromatic carbocycles. The van der Waals surface area contributed by atoms with Crippen LogP contribution in [0.15, 0.2) is 11.7 Å². The molecule has 5 nitrogen and oxygen atoms in total. The number of carbonyl (C=O) groups is 2. The van der Waals surface area contributed by atoms with E-state index in [-0.39, 0.29) is 12.3 Å². The third-order valence-electron chi connectivity index (χ3n) is 2.43. The molecule has 94 valence electrons. The average molecular weight is 256 g/mol. The lowest BCUT2D eigenvalue weighted by Gasteiger charge is -2.10. The van der Waals surface area contributed by atoms with Gasteiger partial charge in [0.25, 0.3) is 5.91 Å². The second-order valence-corrected chi connectivity index (χ2v) is 4.83. The number of rotatable bonds is 7. The van der Waals surface area contributed by atoms with E-state index >= 15 is 0 Å². The van der Waals surface area contributed by atoms with Crippen molar-refractivity contribution in [1.82, 2.24) is 10.3 Å². The highest BCUT2D eigenvalue weighted by Crippen LogP contribution is 2.10. The van der Waals surface area contributed by atoms with Crippen LogP contribution in [-0.4, -0.2) is 28.5 Å². The van der Waals surface area contributed by atoms with Crippen molar-refractivity contribution in [2.45, 2.75) is 26.2 Å². The van der Waals surface area contributed by atoms with Gasteiger partial charge < -0.3 is 10.4 Å². The summed E-state index contributed by atoms with van der Waals surface area (Å²) >= 11 is 1.30. The maximum absolute atomic E-state index is 11.5. The summed E-state index contributed by atoms with van der Waals surface area (Å²) in [7, 11) is 0. The smallest absolute Gasteiger partial charge is 0.303 e. The Labute approximate surface area is 104 Å². The maximum Gasteiger partial charge on any atom is 0.303 e. The van der Waals surface area contributed by atoms with Crippen LogP contribution in [0.25, 0.3) is 0 Å². The molecule has 6 heteroatoms. The Hall–Kier alpha value is -1.43. The van der Waals surface area contributed by atoms with E-state index in [0.717, 1.165) is 6.42 Å². The van der Waals surface area contributed by atoms with Crippen LogP contribution in [0.4, 0.5) is 0 Å². The van der Waals surface area contributed by atoms with Crippen LogP contribution in [0.3, 0.4) is 0 Å². The van der Waals surface area contributed by atoms with E-state index in [0.29, 0.717) is 23.8 Å². The fourth-order valence-electron chi connectivity index (χ4n) is 1.36. The summed E-state index contributed by atoms with van der Waals surface area (Å²) in [5, 5.41) is 11.3. The zero-order valence-corrected chi connectivity index (χ0v) is 10.5. The molecule has 0 fully saturated rings. The summed E-state index contributed by atoms with van der Waals surface area (Å²) in [5.74, 6) is -0.587. The van der Waals surface area contributed by atoms with Gasteiger partial charge in [0, 0.05) is 13.0 Å². The van der Waals surface area contributed by atoms with Crippen LogP contribution in [-0.2, 0) is 4.79 Å². The molecule has 0 aliphatic rings. The summed E-state index contributed by atoms with van der Waals surface area (Å²) in [6.07, 6.45) is 3.15. The largest absolute Gasteiger partial charge is 0.481 e. The number of aromatic nitrogens is 1. The lowest BCUT2D eigenvalue weighted by molar-refractivity contribution is -0.137. The van der Waals surface area contributed by atoms with Gasteiger partial charge in [-0.15, -0.1) is 11.3 Å². The molecule has 1 heterocycles. The number of nitrogens with one attached hydrogen (secondary N) is 1. The first-order valence-electron chi connectivity index (χ1n) is 5.48. The number of amides is 1. The van der Waals surface area contributed by atoms with Crippen molar-refractivity contribution in [3.8, 4) is 0 Å². The summed E-state index contributed by atoms with van der Waals surface area (Å²) in [4.78, 5) is 26.3. The van der Waals surface area contributed by atoms with Gasteiger partial charge in [-0.2, -0.15) is 0 Å². The predicted octanol–water partition coefficient (Wildman–Crippen LogP) is 1.76. The zero-order valence-electron chi connectivity index (χ0n) is 9.68. The van der Waals surface area contributed by atoms with E-state index < -0.39 is 5.97 Å². The molecule has 17 heavy (non-hydrogen) atoms. The molecule has 1 atom stereocenters. The molecule has 0 aliphatic carbocycles. The van der Waals surface area contributed by atoms with Gasteiger partial charge in [0.1, 0.15) is 4.88 Å². The van der Waals surface area contributed by atoms with Gasteiger partial charge in [-0.1, -0.05) is 6.92 Å². The fraction of sp³-hybridized carbons (Fsp3) is 0.545. The highest BCUT2D eigenvalue weighted by atomic mass is 32.1. The van der Waals surface area contributed by atoms with Crippen molar-refractivity contribution >= 4 is 23.2 Å². The van der Waals surface area contributed by atoms with Gasteiger partial charge in [-0.25, -0.2) is 0 Å². The first-order chi connectivity index (χ1) is 8.09. The normalized spacial score (nSPS) is 12.1. The van der Waals surface area contributed by atoms with Crippen molar-refractivity contribution in [3.05, 3.63) is 16.6 Å². The van der Waals surface area contributed by atoms with E-state index in [1.54, 1.807) is 5.51 Å². The average Bonchev–Trinajstić information content (AvgIpc) is 2.79. The number of hydrogen-bond donors (Lipinski definition) is 2. The molecule has 1 rings (SSSR count). The van der Waals surface area contributed by atoms with Gasteiger partial charge in [0.2, 0.25) is 0 Å². The van der Waals surface area contributed by atoms with Crippen molar-refractivity contribution in [1.29, 1.82) is 0 Å². The third-order valence-corrected chi connectivity index (χ3v) is 3.20. The Morgan fingerprint density at radius 1 is 1.53 bits per heavy atom. The Morgan fingerprint density at radius 2 is 2.29 bits per heavy atom. The minimum atomic E-state index is -0.773. The van der Waals surface area contributed by atoms with Crippen LogP contribution in [0, 0.1) is 5.92 Å². The van der Waals surface area contributed by atoms with Gasteiger partial charge >= 0.3 is 5.97 Å². The second-order valence-electron chi connectivity index (χ2n) is 3.95. The standard InChI is InChI=1S/C11H16N2O3S/c1-8(2-3-10(14)15)4-5-13-11(16)9-6-12-7-17-9/h6-8H,2-5H2,1H3,(H,13,16)(H,14,15). The number of hydrogen-bond acceptors (Lipinski definition) is 4. The molecule has 2 N–H and O–H groups in total. The predicted molar refractivity (Wildman–Crippen MR) is 65.1 cm³/mol. The number of nitrogens with zero attached hydrogens (tertiary/aromatic N) is 1. The molecule has 0 radical (unpaired) electrons. The van der Waals surface area contributed by atoms with Gasteiger partial charge in [-0.05, 0) is 18.8 Å². The molecule has 0 bridgehead atoms. The molecular weight excluding hydrogens is 240 g/mol. The van der Waals surface area contributed by atoms with E-state index in [1.165, 1.54) is 17.5 Å². The summed E-state index contributed by atoms with van der Waals surface area (Å²) in [6, 6.07) is 0. The molecule has 1 amide bonds. The number of aliphatic carboxylic acids is 1. The highest BCUT2D eigenvalue weighted by Gasteiger charge is 2.08. The molecule has 0 spiro atoms. The van der Waals surface area contributed by atoms with Crippen LogP contribution in [0.1, 0.15) is 35.9 Å². The van der Waals surface area contributed by atoms with Crippen molar-refractivity contribution in [3.63, 3.8) is 0 Å². The minimum Gasteiger partial charge on any atom is -0.481 e. The van der Waals surface area contributed by atoms with Gasteiger partial charge in [-0.3, -0.25) is 14.6 Å². The van der Waals surface area contributed by atoms with E-state index in [4.69, 9.17) is 5.11 Å². The third kappa shape index (κ3) is 5.44. The molecule has 0 saturated carbocycles. The topological polar surface area (TPSA) is 79.3 Å². The molecule has 0 saturated heterocycles. The molecule has 1 aromatic heterocycles. The molecule has 1 unspecified atom stereocenters. The van der Waals surface area contributed by atoms with Crippen molar-refractivity contribution in [2.24, 2.45) is 5.92 Å². The number of carboxylic acids is 1. The quantitative estimate of drug-likeness (QED) is 0.779.